The molecular formula is C24H20N2O5S2. The van der Waals surface area contributed by atoms with Crippen LogP contribution in [0.5, 0.6) is 5.75 Å². The fourth-order valence-electron chi connectivity index (χ4n) is 3.11. The van der Waals surface area contributed by atoms with Crippen LogP contribution in [0.3, 0.4) is 0 Å². The number of rotatable bonds is 7. The molecule has 0 atom stereocenters. The number of ether oxygens (including phenoxy) is 2. The summed E-state index contributed by atoms with van der Waals surface area (Å²) in [7, 11) is 0. The normalized spacial score (nSPS) is 14.0. The van der Waals surface area contributed by atoms with Crippen molar-refractivity contribution in [2.45, 2.75) is 11.8 Å². The number of anilines is 1. The van der Waals surface area contributed by atoms with Gasteiger partial charge in [0, 0.05) is 27.2 Å². The van der Waals surface area contributed by atoms with Crippen molar-refractivity contribution in [2.75, 3.05) is 24.3 Å². The highest BCUT2D eigenvalue weighted by Gasteiger charge is 2.21. The highest BCUT2D eigenvalue weighted by molar-refractivity contribution is 7.99. The predicted molar refractivity (Wildman–Crippen MR) is 128 cm³/mol. The van der Waals surface area contributed by atoms with E-state index in [1.165, 1.54) is 5.38 Å². The molecule has 1 aliphatic rings. The second-order valence-corrected chi connectivity index (χ2v) is 8.83. The van der Waals surface area contributed by atoms with Crippen molar-refractivity contribution in [1.82, 2.24) is 4.98 Å². The third kappa shape index (κ3) is 5.68. The molecule has 1 amide bonds. The van der Waals surface area contributed by atoms with Crippen LogP contribution < -0.4 is 10.1 Å². The lowest BCUT2D eigenvalue weighted by Crippen LogP contribution is -2.20. The average molecular weight is 481 g/mol. The van der Waals surface area contributed by atoms with E-state index in [-0.39, 0.29) is 24.7 Å². The number of fused-ring (bicyclic) bond motifs is 1. The molecule has 33 heavy (non-hydrogen) atoms. The first-order valence-corrected chi connectivity index (χ1v) is 12.0. The molecule has 1 aromatic heterocycles. The maximum absolute atomic E-state index is 12.8. The predicted octanol–water partition coefficient (Wildman–Crippen LogP) is 4.71. The van der Waals surface area contributed by atoms with Gasteiger partial charge in [-0.05, 0) is 42.8 Å². The van der Waals surface area contributed by atoms with E-state index in [1.807, 2.05) is 36.4 Å². The van der Waals surface area contributed by atoms with Gasteiger partial charge >= 0.3 is 5.97 Å². The van der Waals surface area contributed by atoms with Gasteiger partial charge in [-0.2, -0.15) is 0 Å². The molecule has 0 spiro atoms. The van der Waals surface area contributed by atoms with Gasteiger partial charge in [0.2, 0.25) is 0 Å². The van der Waals surface area contributed by atoms with Crippen molar-refractivity contribution < 1.29 is 23.9 Å². The lowest BCUT2D eigenvalue weighted by atomic mass is 10.0. The van der Waals surface area contributed by atoms with Gasteiger partial charge in [0.05, 0.1) is 6.61 Å². The molecule has 4 rings (SSSR count). The first kappa shape index (κ1) is 22.8. The topological polar surface area (TPSA) is 94.6 Å². The Kier molecular flexibility index (Phi) is 7.21. The smallest absolute Gasteiger partial charge is 0.357 e. The summed E-state index contributed by atoms with van der Waals surface area (Å²) in [5.74, 6) is 0.196. The molecule has 2 heterocycles. The molecule has 7 nitrogen and oxygen atoms in total. The van der Waals surface area contributed by atoms with Gasteiger partial charge in [-0.25, -0.2) is 9.78 Å². The Morgan fingerprint density at radius 3 is 2.88 bits per heavy atom. The van der Waals surface area contributed by atoms with Crippen molar-refractivity contribution in [1.29, 1.82) is 0 Å². The summed E-state index contributed by atoms with van der Waals surface area (Å²) >= 11 is 2.77. The van der Waals surface area contributed by atoms with Crippen molar-refractivity contribution in [3.05, 3.63) is 76.3 Å². The third-order valence-corrected chi connectivity index (χ3v) is 6.49. The van der Waals surface area contributed by atoms with E-state index in [2.05, 4.69) is 10.3 Å². The molecule has 3 aromatic rings. The fourth-order valence-corrected chi connectivity index (χ4v) is 4.82. The van der Waals surface area contributed by atoms with Crippen LogP contribution in [0.4, 0.5) is 5.13 Å². The zero-order valence-electron chi connectivity index (χ0n) is 17.7. The molecule has 168 valence electrons. The molecule has 0 saturated carbocycles. The first-order chi connectivity index (χ1) is 16.0. The SMILES string of the molecule is CCOC(=O)c1csc(NC(=O)COc2cccc(/C=C3\CSc4ccccc4C3=O)c2)n1. The second kappa shape index (κ2) is 10.5. The molecule has 0 fully saturated rings. The number of hydrogen-bond donors (Lipinski definition) is 1. The summed E-state index contributed by atoms with van der Waals surface area (Å²) in [5, 5.41) is 4.41. The Morgan fingerprint density at radius 2 is 2.03 bits per heavy atom. The molecule has 0 radical (unpaired) electrons. The number of amides is 1. The van der Waals surface area contributed by atoms with Crippen LogP contribution in [-0.2, 0) is 9.53 Å². The molecule has 9 heteroatoms. The lowest BCUT2D eigenvalue weighted by molar-refractivity contribution is -0.118. The zero-order chi connectivity index (χ0) is 23.2. The maximum Gasteiger partial charge on any atom is 0.357 e. The fraction of sp³-hybridized carbons (Fsp3) is 0.167. The summed E-state index contributed by atoms with van der Waals surface area (Å²) in [4.78, 5) is 41.7. The van der Waals surface area contributed by atoms with Crippen LogP contribution in [0.2, 0.25) is 0 Å². The zero-order valence-corrected chi connectivity index (χ0v) is 19.3. The van der Waals surface area contributed by atoms with E-state index < -0.39 is 11.9 Å². The summed E-state index contributed by atoms with van der Waals surface area (Å²) in [6.45, 7) is 1.74. The minimum Gasteiger partial charge on any atom is -0.484 e. The summed E-state index contributed by atoms with van der Waals surface area (Å²) < 4.78 is 10.5. The lowest BCUT2D eigenvalue weighted by Gasteiger charge is -2.16. The number of Topliss-reactive ketones (excluding diaryl/α,β-unsaturated/α-hetero) is 1. The number of ketones is 1. The average Bonchev–Trinajstić information content (AvgIpc) is 3.29. The van der Waals surface area contributed by atoms with E-state index in [0.717, 1.165) is 32.9 Å². The second-order valence-electron chi connectivity index (χ2n) is 6.95. The highest BCUT2D eigenvalue weighted by atomic mass is 32.2. The Morgan fingerprint density at radius 1 is 1.18 bits per heavy atom. The molecule has 2 aromatic carbocycles. The monoisotopic (exact) mass is 480 g/mol. The Hall–Kier alpha value is -3.43. The van der Waals surface area contributed by atoms with Crippen LogP contribution in [0, 0.1) is 0 Å². The van der Waals surface area contributed by atoms with Gasteiger partial charge in [0.25, 0.3) is 5.91 Å². The van der Waals surface area contributed by atoms with Crippen molar-refractivity contribution in [2.24, 2.45) is 0 Å². The van der Waals surface area contributed by atoms with Gasteiger partial charge in [-0.1, -0.05) is 24.3 Å². The van der Waals surface area contributed by atoms with E-state index in [9.17, 15) is 14.4 Å². The number of esters is 1. The summed E-state index contributed by atoms with van der Waals surface area (Å²) in [6.07, 6.45) is 1.85. The number of nitrogens with zero attached hydrogens (tertiary/aromatic N) is 1. The molecular weight excluding hydrogens is 460 g/mol. The summed E-state index contributed by atoms with van der Waals surface area (Å²) in [5.41, 5.74) is 2.40. The largest absolute Gasteiger partial charge is 0.484 e. The number of carbonyl (C=O) groups excluding carboxylic acids is 3. The van der Waals surface area contributed by atoms with Crippen molar-refractivity contribution in [3.63, 3.8) is 0 Å². The Balaban J connectivity index is 1.36. The minimum atomic E-state index is -0.533. The van der Waals surface area contributed by atoms with Gasteiger partial charge < -0.3 is 9.47 Å². The number of hydrogen-bond acceptors (Lipinski definition) is 8. The number of aromatic nitrogens is 1. The van der Waals surface area contributed by atoms with Gasteiger partial charge in [0.1, 0.15) is 5.75 Å². The van der Waals surface area contributed by atoms with Gasteiger partial charge in [0.15, 0.2) is 23.2 Å². The van der Waals surface area contributed by atoms with Crippen LogP contribution in [0.25, 0.3) is 6.08 Å². The Labute approximate surface area is 198 Å². The van der Waals surface area contributed by atoms with Crippen molar-refractivity contribution in [3.8, 4) is 5.75 Å². The molecule has 0 saturated heterocycles. The maximum atomic E-state index is 12.8. The first-order valence-electron chi connectivity index (χ1n) is 10.2. The number of benzene rings is 2. The summed E-state index contributed by atoms with van der Waals surface area (Å²) in [6, 6.07) is 14.8. The Bertz CT molecular complexity index is 1230. The van der Waals surface area contributed by atoms with Gasteiger partial charge in [-0.15, -0.1) is 23.1 Å². The van der Waals surface area contributed by atoms with Gasteiger partial charge in [-0.3, -0.25) is 14.9 Å². The van der Waals surface area contributed by atoms with Crippen LogP contribution in [0.1, 0.15) is 33.3 Å². The standard InChI is InChI=1S/C24H20N2O5S2/c1-2-30-23(29)19-14-33-24(25-19)26-21(27)12-31-17-7-5-6-15(11-17)10-16-13-32-20-9-4-3-8-18(20)22(16)28/h3-11,14H,2,12-13H2,1H3,(H,25,26,27)/b16-10+. The minimum absolute atomic E-state index is 0.0284. The third-order valence-electron chi connectivity index (χ3n) is 4.61. The van der Waals surface area contributed by atoms with E-state index in [1.54, 1.807) is 36.9 Å². The van der Waals surface area contributed by atoms with E-state index in [4.69, 9.17) is 9.47 Å². The molecule has 1 aliphatic heterocycles. The van der Waals surface area contributed by atoms with Crippen LogP contribution in [-0.4, -0.2) is 41.6 Å². The molecule has 0 aliphatic carbocycles. The van der Waals surface area contributed by atoms with Crippen LogP contribution in [0.15, 0.2) is 64.4 Å². The quantitative estimate of drug-likeness (QED) is 0.387. The number of thioether (sulfide) groups is 1. The molecule has 0 unspecified atom stereocenters. The van der Waals surface area contributed by atoms with Crippen molar-refractivity contribution >= 4 is 52.0 Å². The number of nitrogens with one attached hydrogen (secondary N) is 1. The van der Waals surface area contributed by atoms with E-state index in [0.29, 0.717) is 16.6 Å². The molecule has 1 N–H and O–H groups in total. The number of thiazole rings is 1. The van der Waals surface area contributed by atoms with Crippen LogP contribution >= 0.6 is 23.1 Å². The molecule has 0 bridgehead atoms. The highest BCUT2D eigenvalue weighted by Crippen LogP contribution is 2.33. The van der Waals surface area contributed by atoms with E-state index >= 15 is 0 Å². The number of carbonyl (C=O) groups is 3.